The fraction of sp³-hybridized carbons (Fsp3) is 0.333. The number of aryl methyl sites for hydroxylation is 1. The number of hydrogen-bond acceptors (Lipinski definition) is 2. The molecule has 4 nitrogen and oxygen atoms in total. The third-order valence-corrected chi connectivity index (χ3v) is 3.62. The van der Waals surface area contributed by atoms with E-state index in [0.717, 1.165) is 36.5 Å². The van der Waals surface area contributed by atoms with Gasteiger partial charge in [-0.05, 0) is 24.8 Å². The van der Waals surface area contributed by atoms with Gasteiger partial charge in [0, 0.05) is 12.1 Å². The molecule has 1 aliphatic rings. The second-order valence-corrected chi connectivity index (χ2v) is 4.99. The minimum atomic E-state index is -0.765. The molecule has 3 rings (SSSR count). The van der Waals surface area contributed by atoms with Gasteiger partial charge in [-0.3, -0.25) is 4.79 Å². The Hall–Kier alpha value is -2.10. The highest BCUT2D eigenvalue weighted by molar-refractivity contribution is 5.76. The van der Waals surface area contributed by atoms with Crippen LogP contribution in [0.1, 0.15) is 41.5 Å². The average Bonchev–Trinajstić information content (AvgIpc) is 2.81. The van der Waals surface area contributed by atoms with E-state index in [4.69, 9.17) is 0 Å². The van der Waals surface area contributed by atoms with E-state index < -0.39 is 11.9 Å². The van der Waals surface area contributed by atoms with Crippen LogP contribution >= 0.6 is 0 Å². The molecular weight excluding hydrogens is 240 g/mol. The zero-order valence-electron chi connectivity index (χ0n) is 10.6. The van der Waals surface area contributed by atoms with E-state index in [1.807, 2.05) is 18.2 Å². The summed E-state index contributed by atoms with van der Waals surface area (Å²) in [6.07, 6.45) is 3.23. The number of nitrogens with one attached hydrogen (secondary N) is 1. The maximum Gasteiger partial charge on any atom is 0.312 e. The summed E-state index contributed by atoms with van der Waals surface area (Å²) in [7, 11) is 0. The third kappa shape index (κ3) is 2.38. The summed E-state index contributed by atoms with van der Waals surface area (Å²) in [5, 5.41) is 9.23. The summed E-state index contributed by atoms with van der Waals surface area (Å²) in [5.74, 6) is -0.340. The molecule has 0 saturated carbocycles. The van der Waals surface area contributed by atoms with Gasteiger partial charge in [0.05, 0.1) is 5.69 Å². The van der Waals surface area contributed by atoms with Crippen molar-refractivity contribution in [2.75, 3.05) is 0 Å². The zero-order chi connectivity index (χ0) is 13.2. The zero-order valence-corrected chi connectivity index (χ0v) is 10.6. The van der Waals surface area contributed by atoms with Gasteiger partial charge in [0.25, 0.3) is 0 Å². The summed E-state index contributed by atoms with van der Waals surface area (Å²) in [6.45, 7) is 0. The van der Waals surface area contributed by atoms with Gasteiger partial charge < -0.3 is 10.1 Å². The van der Waals surface area contributed by atoms with Crippen LogP contribution in [0.25, 0.3) is 0 Å². The number of carbonyl (C=O) groups is 1. The molecule has 0 amide bonds. The molecule has 0 radical (unpaired) electrons. The second-order valence-electron chi connectivity index (χ2n) is 4.99. The van der Waals surface area contributed by atoms with Crippen LogP contribution < -0.4 is 0 Å². The largest absolute Gasteiger partial charge is 0.481 e. The van der Waals surface area contributed by atoms with Crippen molar-refractivity contribution in [3.63, 3.8) is 0 Å². The van der Waals surface area contributed by atoms with E-state index in [0.29, 0.717) is 6.42 Å². The standard InChI is InChI=1S/C15H16N2O2/c18-15(19)11-7-4-8-12-14(11)17-13(16-12)9-10-5-2-1-3-6-10/h1-3,5-6,11H,4,7-9H2,(H,16,17)(H,18,19). The number of hydrogen-bond donors (Lipinski definition) is 2. The van der Waals surface area contributed by atoms with Gasteiger partial charge >= 0.3 is 5.97 Å². The Labute approximate surface area is 111 Å². The number of H-pyrrole nitrogens is 1. The molecule has 1 aromatic carbocycles. The third-order valence-electron chi connectivity index (χ3n) is 3.62. The van der Waals surface area contributed by atoms with E-state index in [-0.39, 0.29) is 0 Å². The number of nitrogens with zero attached hydrogens (tertiary/aromatic N) is 1. The quantitative estimate of drug-likeness (QED) is 0.886. The predicted octanol–water partition coefficient (Wildman–Crippen LogP) is 2.51. The van der Waals surface area contributed by atoms with Crippen LogP contribution in [0.3, 0.4) is 0 Å². The molecule has 19 heavy (non-hydrogen) atoms. The Kier molecular flexibility index (Phi) is 3.07. The first-order valence-corrected chi connectivity index (χ1v) is 6.58. The molecule has 1 unspecified atom stereocenters. The number of aliphatic carboxylic acids is 1. The summed E-state index contributed by atoms with van der Waals surface area (Å²) in [6, 6.07) is 10.1. The fourth-order valence-electron chi connectivity index (χ4n) is 2.69. The lowest BCUT2D eigenvalue weighted by atomic mass is 9.90. The van der Waals surface area contributed by atoms with E-state index in [9.17, 15) is 9.90 Å². The molecule has 1 atom stereocenters. The van der Waals surface area contributed by atoms with Crippen molar-refractivity contribution in [2.24, 2.45) is 0 Å². The van der Waals surface area contributed by atoms with Crippen LogP contribution in [-0.2, 0) is 17.6 Å². The second kappa shape index (κ2) is 4.88. The topological polar surface area (TPSA) is 66.0 Å². The Morgan fingerprint density at radius 1 is 1.37 bits per heavy atom. The monoisotopic (exact) mass is 256 g/mol. The van der Waals surface area contributed by atoms with Gasteiger partial charge in [0.2, 0.25) is 0 Å². The van der Waals surface area contributed by atoms with Crippen molar-refractivity contribution >= 4 is 5.97 Å². The molecule has 0 bridgehead atoms. The lowest BCUT2D eigenvalue weighted by Crippen LogP contribution is -2.17. The van der Waals surface area contributed by atoms with Crippen molar-refractivity contribution < 1.29 is 9.90 Å². The number of fused-ring (bicyclic) bond motifs is 1. The van der Waals surface area contributed by atoms with Crippen molar-refractivity contribution in [3.8, 4) is 0 Å². The van der Waals surface area contributed by atoms with Gasteiger partial charge in [-0.2, -0.15) is 0 Å². The summed E-state index contributed by atoms with van der Waals surface area (Å²) < 4.78 is 0. The fourth-order valence-corrected chi connectivity index (χ4v) is 2.69. The van der Waals surface area contributed by atoms with Crippen molar-refractivity contribution in [1.82, 2.24) is 9.97 Å². The van der Waals surface area contributed by atoms with E-state index in [1.165, 1.54) is 5.56 Å². The number of aromatic amines is 1. The van der Waals surface area contributed by atoms with E-state index in [2.05, 4.69) is 22.1 Å². The molecule has 0 fully saturated rings. The molecular formula is C15H16N2O2. The number of imidazole rings is 1. The number of carboxylic acids is 1. The van der Waals surface area contributed by atoms with Gasteiger partial charge in [0.15, 0.2) is 0 Å². The van der Waals surface area contributed by atoms with Crippen LogP contribution in [0.5, 0.6) is 0 Å². The SMILES string of the molecule is O=C(O)C1CCCc2[nH]c(Cc3ccccc3)nc21. The molecule has 4 heteroatoms. The molecule has 2 aromatic rings. The van der Waals surface area contributed by atoms with Gasteiger partial charge in [0.1, 0.15) is 11.7 Å². The van der Waals surface area contributed by atoms with Crippen LogP contribution in [0.15, 0.2) is 30.3 Å². The predicted molar refractivity (Wildman–Crippen MR) is 71.2 cm³/mol. The highest BCUT2D eigenvalue weighted by atomic mass is 16.4. The Bertz CT molecular complexity index is 589. The maximum atomic E-state index is 11.2. The highest BCUT2D eigenvalue weighted by Crippen LogP contribution is 2.30. The smallest absolute Gasteiger partial charge is 0.312 e. The number of carboxylic acid groups (broad SMARTS) is 1. The highest BCUT2D eigenvalue weighted by Gasteiger charge is 2.29. The number of benzene rings is 1. The molecule has 2 N–H and O–H groups in total. The van der Waals surface area contributed by atoms with E-state index in [1.54, 1.807) is 0 Å². The van der Waals surface area contributed by atoms with Crippen LogP contribution in [0, 0.1) is 0 Å². The molecule has 1 aromatic heterocycles. The molecule has 1 aliphatic carbocycles. The number of aromatic nitrogens is 2. The van der Waals surface area contributed by atoms with Crippen molar-refractivity contribution in [2.45, 2.75) is 31.6 Å². The molecule has 0 spiro atoms. The normalized spacial score (nSPS) is 18.0. The minimum absolute atomic E-state index is 0.440. The minimum Gasteiger partial charge on any atom is -0.481 e. The van der Waals surface area contributed by atoms with Gasteiger partial charge in [-0.1, -0.05) is 30.3 Å². The summed E-state index contributed by atoms with van der Waals surface area (Å²) in [4.78, 5) is 19.0. The van der Waals surface area contributed by atoms with Crippen molar-refractivity contribution in [3.05, 3.63) is 53.1 Å². The average molecular weight is 256 g/mol. The van der Waals surface area contributed by atoms with Crippen LogP contribution in [0.4, 0.5) is 0 Å². The lowest BCUT2D eigenvalue weighted by molar-refractivity contribution is -0.139. The first kappa shape index (κ1) is 12.0. The van der Waals surface area contributed by atoms with Crippen LogP contribution in [-0.4, -0.2) is 21.0 Å². The van der Waals surface area contributed by atoms with Gasteiger partial charge in [-0.25, -0.2) is 4.98 Å². The Balaban J connectivity index is 1.87. The Morgan fingerprint density at radius 3 is 2.89 bits per heavy atom. The maximum absolute atomic E-state index is 11.2. The van der Waals surface area contributed by atoms with Gasteiger partial charge in [-0.15, -0.1) is 0 Å². The van der Waals surface area contributed by atoms with E-state index >= 15 is 0 Å². The number of rotatable bonds is 3. The molecule has 0 aliphatic heterocycles. The summed E-state index contributed by atoms with van der Waals surface area (Å²) >= 11 is 0. The first-order chi connectivity index (χ1) is 9.24. The van der Waals surface area contributed by atoms with Crippen LogP contribution in [0.2, 0.25) is 0 Å². The summed E-state index contributed by atoms with van der Waals surface area (Å²) in [5.41, 5.74) is 2.93. The molecule has 0 saturated heterocycles. The lowest BCUT2D eigenvalue weighted by Gasteiger charge is -2.16. The molecule has 98 valence electrons. The molecule has 1 heterocycles. The van der Waals surface area contributed by atoms with Crippen molar-refractivity contribution in [1.29, 1.82) is 0 Å². The first-order valence-electron chi connectivity index (χ1n) is 6.58. The Morgan fingerprint density at radius 2 is 2.16 bits per heavy atom.